The monoisotopic (exact) mass is 477 g/mol. The first kappa shape index (κ1) is 22.2. The maximum Gasteiger partial charge on any atom is 0.254 e. The minimum absolute atomic E-state index is 0.116. The van der Waals surface area contributed by atoms with Crippen molar-refractivity contribution in [3.63, 3.8) is 0 Å². The molecule has 0 fully saturated rings. The van der Waals surface area contributed by atoms with E-state index in [-0.39, 0.29) is 11.8 Å². The molecule has 7 nitrogen and oxygen atoms in total. The highest BCUT2D eigenvalue weighted by atomic mass is 16.2. The van der Waals surface area contributed by atoms with Gasteiger partial charge in [0.05, 0.1) is 11.0 Å². The average molecular weight is 478 g/mol. The third kappa shape index (κ3) is 3.86. The zero-order chi connectivity index (χ0) is 24.6. The number of nitrogens with zero attached hydrogens (tertiary/aromatic N) is 5. The summed E-state index contributed by atoms with van der Waals surface area (Å²) in [7, 11) is 1.98. The van der Waals surface area contributed by atoms with Crippen LogP contribution in [0.25, 0.3) is 11.0 Å². The SMILES string of the molecule is CN1CCCN(C(=O)C2Cc3ccccc3CN2C(=O)c2ccccc2)c2nc3ccccc3nc21. The molecule has 3 heterocycles. The molecule has 0 N–H and O–H groups in total. The summed E-state index contributed by atoms with van der Waals surface area (Å²) in [5, 5.41) is 0. The predicted octanol–water partition coefficient (Wildman–Crippen LogP) is 4.07. The molecule has 7 heteroatoms. The Morgan fingerprint density at radius 1 is 0.778 bits per heavy atom. The van der Waals surface area contributed by atoms with Crippen LogP contribution in [0.5, 0.6) is 0 Å². The van der Waals surface area contributed by atoms with Crippen LogP contribution in [0, 0.1) is 0 Å². The molecule has 0 spiro atoms. The van der Waals surface area contributed by atoms with Gasteiger partial charge in [0.1, 0.15) is 6.04 Å². The second-order valence-corrected chi connectivity index (χ2v) is 9.41. The van der Waals surface area contributed by atoms with Gasteiger partial charge < -0.3 is 9.80 Å². The maximum absolute atomic E-state index is 14.3. The van der Waals surface area contributed by atoms with Crippen molar-refractivity contribution in [1.82, 2.24) is 14.9 Å². The summed E-state index contributed by atoms with van der Waals surface area (Å²) < 4.78 is 0. The lowest BCUT2D eigenvalue weighted by Gasteiger charge is -2.38. The maximum atomic E-state index is 14.3. The Bertz CT molecular complexity index is 1450. The second-order valence-electron chi connectivity index (χ2n) is 9.41. The summed E-state index contributed by atoms with van der Waals surface area (Å²) >= 11 is 0. The lowest BCUT2D eigenvalue weighted by atomic mass is 9.92. The van der Waals surface area contributed by atoms with Crippen LogP contribution in [0.4, 0.5) is 11.6 Å². The normalized spacial score (nSPS) is 17.4. The first-order chi connectivity index (χ1) is 17.6. The van der Waals surface area contributed by atoms with Gasteiger partial charge in [-0.1, -0.05) is 54.6 Å². The van der Waals surface area contributed by atoms with Crippen molar-refractivity contribution < 1.29 is 9.59 Å². The Morgan fingerprint density at radius 3 is 2.17 bits per heavy atom. The van der Waals surface area contributed by atoms with Gasteiger partial charge in [-0.2, -0.15) is 0 Å². The fourth-order valence-electron chi connectivity index (χ4n) is 5.19. The minimum atomic E-state index is -0.628. The van der Waals surface area contributed by atoms with Gasteiger partial charge in [-0.3, -0.25) is 14.5 Å². The van der Waals surface area contributed by atoms with E-state index in [0.717, 1.165) is 35.1 Å². The van der Waals surface area contributed by atoms with Gasteiger partial charge in [-0.15, -0.1) is 0 Å². The summed E-state index contributed by atoms with van der Waals surface area (Å²) in [6, 6.07) is 24.3. The molecule has 0 radical (unpaired) electrons. The van der Waals surface area contributed by atoms with Gasteiger partial charge >= 0.3 is 0 Å². The van der Waals surface area contributed by atoms with Crippen LogP contribution >= 0.6 is 0 Å². The molecule has 2 amide bonds. The van der Waals surface area contributed by atoms with E-state index in [1.165, 1.54) is 0 Å². The van der Waals surface area contributed by atoms with Gasteiger partial charge in [0.2, 0.25) is 0 Å². The number of rotatable bonds is 2. The number of anilines is 2. The van der Waals surface area contributed by atoms with Crippen molar-refractivity contribution in [3.8, 4) is 0 Å². The molecule has 6 rings (SSSR count). The minimum Gasteiger partial charge on any atom is -0.357 e. The van der Waals surface area contributed by atoms with Crippen LogP contribution in [0.3, 0.4) is 0 Å². The molecule has 3 aromatic carbocycles. The molecule has 0 aliphatic carbocycles. The molecule has 2 aliphatic heterocycles. The molecule has 36 heavy (non-hydrogen) atoms. The Kier molecular flexibility index (Phi) is 5.60. The van der Waals surface area contributed by atoms with E-state index in [0.29, 0.717) is 36.7 Å². The molecule has 1 unspecified atom stereocenters. The third-order valence-corrected chi connectivity index (χ3v) is 7.11. The molecule has 180 valence electrons. The highest BCUT2D eigenvalue weighted by Crippen LogP contribution is 2.33. The number of benzene rings is 3. The number of hydrogen-bond acceptors (Lipinski definition) is 5. The number of amides is 2. The Morgan fingerprint density at radius 2 is 1.42 bits per heavy atom. The van der Waals surface area contributed by atoms with Crippen molar-refractivity contribution in [2.45, 2.75) is 25.4 Å². The van der Waals surface area contributed by atoms with Crippen LogP contribution in [0.15, 0.2) is 78.9 Å². The quantitative estimate of drug-likeness (QED) is 0.435. The van der Waals surface area contributed by atoms with E-state index in [2.05, 4.69) is 11.0 Å². The molecule has 1 atom stereocenters. The third-order valence-electron chi connectivity index (χ3n) is 7.11. The first-order valence-corrected chi connectivity index (χ1v) is 12.3. The topological polar surface area (TPSA) is 69.6 Å². The highest BCUT2D eigenvalue weighted by molar-refractivity contribution is 6.04. The number of carbonyl (C=O) groups is 2. The van der Waals surface area contributed by atoms with Crippen molar-refractivity contribution in [3.05, 3.63) is 95.6 Å². The Hall–Kier alpha value is -4.26. The molecule has 0 saturated heterocycles. The van der Waals surface area contributed by atoms with E-state index >= 15 is 0 Å². The zero-order valence-corrected chi connectivity index (χ0v) is 20.2. The summed E-state index contributed by atoms with van der Waals surface area (Å²) in [6.07, 6.45) is 1.25. The van der Waals surface area contributed by atoms with E-state index in [9.17, 15) is 9.59 Å². The van der Waals surface area contributed by atoms with Crippen LogP contribution in [0.2, 0.25) is 0 Å². The predicted molar refractivity (Wildman–Crippen MR) is 140 cm³/mol. The molecule has 2 aliphatic rings. The summed E-state index contributed by atoms with van der Waals surface area (Å²) in [5.41, 5.74) is 4.30. The molecular formula is C29H27N5O2. The second kappa shape index (κ2) is 9.07. The van der Waals surface area contributed by atoms with Crippen LogP contribution in [-0.2, 0) is 17.8 Å². The van der Waals surface area contributed by atoms with Crippen molar-refractivity contribution >= 4 is 34.5 Å². The number of fused-ring (bicyclic) bond motifs is 3. The fraction of sp³-hybridized carbons (Fsp3) is 0.241. The average Bonchev–Trinajstić information content (AvgIpc) is 3.09. The van der Waals surface area contributed by atoms with E-state index in [4.69, 9.17) is 9.97 Å². The fourth-order valence-corrected chi connectivity index (χ4v) is 5.19. The number of carbonyl (C=O) groups excluding carboxylic acids is 2. The van der Waals surface area contributed by atoms with E-state index in [1.54, 1.807) is 21.9 Å². The van der Waals surface area contributed by atoms with Gasteiger partial charge in [0, 0.05) is 38.7 Å². The number of aromatic nitrogens is 2. The van der Waals surface area contributed by atoms with E-state index in [1.807, 2.05) is 67.7 Å². The standard InChI is InChI=1S/C29H27N5O2/c1-32-16-9-17-33(27-26(32)30-23-14-7-8-15-24(23)31-27)29(36)25-18-21-12-5-6-13-22(21)19-34(25)28(35)20-10-3-2-4-11-20/h2-8,10-15,25H,9,16-19H2,1H3. The van der Waals surface area contributed by atoms with Crippen LogP contribution in [-0.4, -0.2) is 52.9 Å². The van der Waals surface area contributed by atoms with Crippen LogP contribution in [0.1, 0.15) is 27.9 Å². The number of para-hydroxylation sites is 2. The molecule has 4 aromatic rings. The van der Waals surface area contributed by atoms with Gasteiger partial charge in [-0.25, -0.2) is 9.97 Å². The zero-order valence-electron chi connectivity index (χ0n) is 20.2. The molecule has 0 saturated carbocycles. The smallest absolute Gasteiger partial charge is 0.254 e. The summed E-state index contributed by atoms with van der Waals surface area (Å²) in [4.78, 5) is 43.3. The Balaban J connectivity index is 1.43. The lowest BCUT2D eigenvalue weighted by Crippen LogP contribution is -2.54. The summed E-state index contributed by atoms with van der Waals surface area (Å²) in [5.74, 6) is 0.997. The Labute approximate surface area is 210 Å². The van der Waals surface area contributed by atoms with Crippen LogP contribution < -0.4 is 9.80 Å². The van der Waals surface area contributed by atoms with Crippen molar-refractivity contribution in [2.75, 3.05) is 29.9 Å². The highest BCUT2D eigenvalue weighted by Gasteiger charge is 2.39. The van der Waals surface area contributed by atoms with Crippen molar-refractivity contribution in [2.24, 2.45) is 0 Å². The largest absolute Gasteiger partial charge is 0.357 e. The van der Waals surface area contributed by atoms with Crippen molar-refractivity contribution in [1.29, 1.82) is 0 Å². The van der Waals surface area contributed by atoms with E-state index < -0.39 is 6.04 Å². The molecule has 1 aromatic heterocycles. The number of hydrogen-bond donors (Lipinski definition) is 0. The van der Waals surface area contributed by atoms with Gasteiger partial charge in [0.15, 0.2) is 11.6 Å². The first-order valence-electron chi connectivity index (χ1n) is 12.3. The molecular weight excluding hydrogens is 450 g/mol. The molecule has 0 bridgehead atoms. The summed E-state index contributed by atoms with van der Waals surface area (Å²) in [6.45, 7) is 1.68. The van der Waals surface area contributed by atoms with Gasteiger partial charge in [-0.05, 0) is 41.8 Å². The van der Waals surface area contributed by atoms with Gasteiger partial charge in [0.25, 0.3) is 11.8 Å². The lowest BCUT2D eigenvalue weighted by molar-refractivity contribution is -0.123.